The predicted molar refractivity (Wildman–Crippen MR) is 106 cm³/mol. The zero-order valence-corrected chi connectivity index (χ0v) is 15.8. The summed E-state index contributed by atoms with van der Waals surface area (Å²) in [7, 11) is 2.14. The highest BCUT2D eigenvalue weighted by Gasteiger charge is 2.24. The van der Waals surface area contributed by atoms with Gasteiger partial charge in [0.1, 0.15) is 0 Å². The van der Waals surface area contributed by atoms with Crippen molar-refractivity contribution >= 4 is 5.78 Å². The second-order valence-corrected chi connectivity index (χ2v) is 7.43. The number of benzene rings is 1. The van der Waals surface area contributed by atoms with E-state index in [-0.39, 0.29) is 0 Å². The second-order valence-electron chi connectivity index (χ2n) is 7.43. The number of nitrogens with zero attached hydrogens (tertiary/aromatic N) is 5. The van der Waals surface area contributed by atoms with Crippen molar-refractivity contribution in [3.05, 3.63) is 77.5 Å². The molecule has 3 aromatic heterocycles. The Bertz CT molecular complexity index is 1090. The topological polar surface area (TPSA) is 38.4 Å². The molecule has 5 nitrogen and oxygen atoms in total. The highest BCUT2D eigenvalue weighted by molar-refractivity contribution is 5.62. The maximum atomic E-state index is 4.93. The van der Waals surface area contributed by atoms with Crippen molar-refractivity contribution in [1.29, 1.82) is 0 Å². The van der Waals surface area contributed by atoms with E-state index in [2.05, 4.69) is 75.4 Å². The highest BCUT2D eigenvalue weighted by Crippen LogP contribution is 2.27. The molecule has 0 saturated heterocycles. The molecular formula is C22H23N5. The van der Waals surface area contributed by atoms with Crippen LogP contribution >= 0.6 is 0 Å². The lowest BCUT2D eigenvalue weighted by atomic mass is 10.1. The van der Waals surface area contributed by atoms with Crippen LogP contribution in [0.2, 0.25) is 0 Å². The Balaban J connectivity index is 1.49. The van der Waals surface area contributed by atoms with Gasteiger partial charge in [-0.05, 0) is 24.6 Å². The van der Waals surface area contributed by atoms with Gasteiger partial charge in [0.15, 0.2) is 0 Å². The summed E-state index contributed by atoms with van der Waals surface area (Å²) in [6.07, 6.45) is 6.99. The Kier molecular flexibility index (Phi) is 3.83. The van der Waals surface area contributed by atoms with E-state index in [0.717, 1.165) is 37.5 Å². The fraction of sp³-hybridized carbons (Fsp3) is 0.273. The van der Waals surface area contributed by atoms with E-state index in [9.17, 15) is 0 Å². The number of imidazole rings is 2. The lowest BCUT2D eigenvalue weighted by Crippen LogP contribution is -2.31. The zero-order valence-electron chi connectivity index (χ0n) is 15.8. The van der Waals surface area contributed by atoms with Gasteiger partial charge < -0.3 is 4.57 Å². The minimum absolute atomic E-state index is 0.943. The summed E-state index contributed by atoms with van der Waals surface area (Å²) in [5, 5.41) is 0. The van der Waals surface area contributed by atoms with Crippen LogP contribution in [0.4, 0.5) is 0 Å². The Morgan fingerprint density at radius 2 is 1.78 bits per heavy atom. The average Bonchev–Trinajstić information content (AvgIpc) is 3.23. The number of rotatable bonds is 3. The maximum absolute atomic E-state index is 4.93. The third kappa shape index (κ3) is 2.84. The smallest absolute Gasteiger partial charge is 0.214 e. The van der Waals surface area contributed by atoms with E-state index in [0.29, 0.717) is 0 Å². The molecule has 4 aromatic rings. The van der Waals surface area contributed by atoms with Crippen LogP contribution in [-0.4, -0.2) is 30.4 Å². The summed E-state index contributed by atoms with van der Waals surface area (Å²) in [4.78, 5) is 11.5. The molecule has 0 amide bonds. The zero-order chi connectivity index (χ0) is 18.4. The lowest BCUT2D eigenvalue weighted by Gasteiger charge is -2.27. The molecule has 5 heteroatoms. The Hall–Kier alpha value is -2.92. The minimum atomic E-state index is 0.943. The van der Waals surface area contributed by atoms with Gasteiger partial charge in [0.05, 0.1) is 11.4 Å². The van der Waals surface area contributed by atoms with Gasteiger partial charge >= 0.3 is 0 Å². The lowest BCUT2D eigenvalue weighted by molar-refractivity contribution is 0.239. The molecule has 1 aliphatic rings. The molecule has 5 rings (SSSR count). The quantitative estimate of drug-likeness (QED) is 0.562. The van der Waals surface area contributed by atoms with Crippen LogP contribution in [0.15, 0.2) is 55.0 Å². The van der Waals surface area contributed by atoms with E-state index in [1.54, 1.807) is 0 Å². The number of hydrogen-bond acceptors (Lipinski definition) is 3. The summed E-state index contributed by atoms with van der Waals surface area (Å²) < 4.78 is 4.54. The van der Waals surface area contributed by atoms with Crippen LogP contribution in [0.5, 0.6) is 0 Å². The van der Waals surface area contributed by atoms with E-state index in [1.165, 1.54) is 28.1 Å². The van der Waals surface area contributed by atoms with E-state index in [4.69, 9.17) is 4.98 Å². The molecular weight excluding hydrogens is 334 g/mol. The Morgan fingerprint density at radius 1 is 1.00 bits per heavy atom. The summed E-state index contributed by atoms with van der Waals surface area (Å²) in [5.41, 5.74) is 7.55. The third-order valence-electron chi connectivity index (χ3n) is 5.56. The second kappa shape index (κ2) is 6.35. The van der Waals surface area contributed by atoms with Crippen LogP contribution in [-0.2, 0) is 26.6 Å². The van der Waals surface area contributed by atoms with Crippen molar-refractivity contribution < 1.29 is 0 Å². The molecule has 27 heavy (non-hydrogen) atoms. The van der Waals surface area contributed by atoms with Crippen LogP contribution < -0.4 is 0 Å². The molecule has 4 heterocycles. The summed E-state index contributed by atoms with van der Waals surface area (Å²) in [5.74, 6) is 1.03. The molecule has 1 aromatic carbocycles. The van der Waals surface area contributed by atoms with Gasteiger partial charge in [-0.1, -0.05) is 29.8 Å². The van der Waals surface area contributed by atoms with E-state index < -0.39 is 0 Å². The maximum Gasteiger partial charge on any atom is 0.214 e. The first-order valence-corrected chi connectivity index (χ1v) is 9.43. The monoisotopic (exact) mass is 357 g/mol. The fourth-order valence-corrected chi connectivity index (χ4v) is 4.04. The molecule has 0 spiro atoms. The largest absolute Gasteiger partial charge is 0.317 e. The first kappa shape index (κ1) is 16.3. The van der Waals surface area contributed by atoms with Gasteiger partial charge in [-0.2, -0.15) is 0 Å². The molecule has 0 saturated carbocycles. The third-order valence-corrected chi connectivity index (χ3v) is 5.56. The van der Waals surface area contributed by atoms with Gasteiger partial charge in [0, 0.05) is 63.0 Å². The summed E-state index contributed by atoms with van der Waals surface area (Å²) in [6, 6.07) is 12.8. The fourth-order valence-electron chi connectivity index (χ4n) is 4.04. The van der Waals surface area contributed by atoms with Crippen molar-refractivity contribution in [2.45, 2.75) is 26.4 Å². The van der Waals surface area contributed by atoms with Crippen molar-refractivity contribution in [2.75, 3.05) is 6.54 Å². The molecule has 1 aliphatic heterocycles. The number of aromatic nitrogens is 4. The molecule has 0 N–H and O–H groups in total. The van der Waals surface area contributed by atoms with E-state index >= 15 is 0 Å². The number of fused-ring (bicyclic) bond motifs is 3. The van der Waals surface area contributed by atoms with Gasteiger partial charge in [0.2, 0.25) is 5.78 Å². The number of aryl methyl sites for hydroxylation is 2. The Morgan fingerprint density at radius 3 is 2.56 bits per heavy atom. The van der Waals surface area contributed by atoms with Gasteiger partial charge in [-0.3, -0.25) is 14.3 Å². The summed E-state index contributed by atoms with van der Waals surface area (Å²) in [6.45, 7) is 5.08. The first-order valence-electron chi connectivity index (χ1n) is 9.43. The van der Waals surface area contributed by atoms with E-state index in [1.807, 2.05) is 12.4 Å². The van der Waals surface area contributed by atoms with Crippen LogP contribution in [0.1, 0.15) is 22.5 Å². The van der Waals surface area contributed by atoms with Crippen molar-refractivity contribution in [1.82, 2.24) is 23.8 Å². The predicted octanol–water partition coefficient (Wildman–Crippen LogP) is 3.60. The molecule has 0 aliphatic carbocycles. The SMILES string of the molecule is Cc1ccc(-c2cn3c4c(n(C)c3n2)CCN(Cc2ccncc2)C4)cc1. The van der Waals surface area contributed by atoms with Gasteiger partial charge in [-0.25, -0.2) is 4.98 Å². The van der Waals surface area contributed by atoms with Crippen LogP contribution in [0.3, 0.4) is 0 Å². The Labute approximate surface area is 158 Å². The molecule has 0 unspecified atom stereocenters. The molecule has 0 radical (unpaired) electrons. The average molecular weight is 357 g/mol. The molecule has 136 valence electrons. The molecule has 0 bridgehead atoms. The molecule has 0 atom stereocenters. The van der Waals surface area contributed by atoms with Gasteiger partial charge in [-0.15, -0.1) is 0 Å². The summed E-state index contributed by atoms with van der Waals surface area (Å²) >= 11 is 0. The van der Waals surface area contributed by atoms with Gasteiger partial charge in [0.25, 0.3) is 0 Å². The van der Waals surface area contributed by atoms with Crippen molar-refractivity contribution in [3.8, 4) is 11.3 Å². The van der Waals surface area contributed by atoms with Crippen LogP contribution in [0, 0.1) is 6.92 Å². The molecule has 0 fully saturated rings. The normalized spacial score (nSPS) is 14.6. The minimum Gasteiger partial charge on any atom is -0.317 e. The van der Waals surface area contributed by atoms with Crippen molar-refractivity contribution in [3.63, 3.8) is 0 Å². The first-order chi connectivity index (χ1) is 13.2. The van der Waals surface area contributed by atoms with Crippen LogP contribution in [0.25, 0.3) is 17.0 Å². The van der Waals surface area contributed by atoms with Crippen molar-refractivity contribution in [2.24, 2.45) is 7.05 Å². The number of pyridine rings is 1. The standard InChI is InChI=1S/C22H23N5/c1-16-3-5-18(6-4-16)19-14-27-21-15-26(13-17-7-10-23-11-8-17)12-9-20(21)25(2)22(27)24-19/h3-8,10-11,14H,9,12-13,15H2,1-2H3. The number of hydrogen-bond donors (Lipinski definition) is 0. The highest BCUT2D eigenvalue weighted by atomic mass is 15.2.